The average molecular weight is 344 g/mol. The smallest absolute Gasteiger partial charge is 0.354 e. The van der Waals surface area contributed by atoms with Crippen LogP contribution in [0.1, 0.15) is 26.2 Å². The van der Waals surface area contributed by atoms with Crippen LogP contribution in [0.25, 0.3) is 0 Å². The van der Waals surface area contributed by atoms with Crippen molar-refractivity contribution >= 4 is 18.3 Å². The van der Waals surface area contributed by atoms with Crippen molar-refractivity contribution < 1.29 is 18.0 Å². The maximum Gasteiger partial charge on any atom is 0.401 e. The summed E-state index contributed by atoms with van der Waals surface area (Å²) >= 11 is 0. The molecule has 2 rings (SSSR count). The highest BCUT2D eigenvalue weighted by Crippen LogP contribution is 2.22. The maximum atomic E-state index is 12.3. The fourth-order valence-corrected chi connectivity index (χ4v) is 3.15. The quantitative estimate of drug-likeness (QED) is 0.818. The van der Waals surface area contributed by atoms with Gasteiger partial charge >= 0.3 is 6.18 Å². The van der Waals surface area contributed by atoms with Gasteiger partial charge in [-0.25, -0.2) is 0 Å². The molecule has 0 spiro atoms. The molecule has 1 amide bonds. The number of nitrogens with zero attached hydrogens (tertiary/aromatic N) is 1. The van der Waals surface area contributed by atoms with Gasteiger partial charge in [-0.2, -0.15) is 13.2 Å². The number of alkyl halides is 3. The molecule has 3 atom stereocenters. The Kier molecular flexibility index (Phi) is 7.41. The molecule has 0 aliphatic carbocycles. The van der Waals surface area contributed by atoms with Crippen LogP contribution in [-0.2, 0) is 4.79 Å². The predicted molar refractivity (Wildman–Crippen MR) is 81.0 cm³/mol. The Hall–Kier alpha value is -0.530. The van der Waals surface area contributed by atoms with Gasteiger partial charge in [-0.1, -0.05) is 6.92 Å². The molecule has 8 heteroatoms. The van der Waals surface area contributed by atoms with Crippen molar-refractivity contribution in [1.82, 2.24) is 15.5 Å². The van der Waals surface area contributed by atoms with E-state index in [1.165, 1.54) is 4.90 Å². The van der Waals surface area contributed by atoms with Crippen LogP contribution in [0.3, 0.4) is 0 Å². The van der Waals surface area contributed by atoms with Crippen LogP contribution < -0.4 is 10.6 Å². The van der Waals surface area contributed by atoms with Gasteiger partial charge < -0.3 is 10.6 Å². The molecule has 0 aromatic rings. The molecule has 22 heavy (non-hydrogen) atoms. The lowest BCUT2D eigenvalue weighted by Gasteiger charge is -2.27. The average Bonchev–Trinajstić information content (AvgIpc) is 2.81. The van der Waals surface area contributed by atoms with E-state index in [0.717, 1.165) is 19.4 Å². The highest BCUT2D eigenvalue weighted by Gasteiger charge is 2.34. The van der Waals surface area contributed by atoms with Gasteiger partial charge in [-0.3, -0.25) is 9.69 Å². The van der Waals surface area contributed by atoms with Crippen LogP contribution >= 0.6 is 12.4 Å². The standard InChI is InChI=1S/C14H24F3N3O.ClH/c1-10-2-4-18-12(6-10)13(21)19-7-11-3-5-20(8-11)9-14(15,16)17;/h10-12,18H,2-9H2,1H3,(H,19,21);1H. The highest BCUT2D eigenvalue weighted by molar-refractivity contribution is 5.85. The molecule has 2 fully saturated rings. The van der Waals surface area contributed by atoms with Gasteiger partial charge in [0.05, 0.1) is 12.6 Å². The first-order valence-corrected chi connectivity index (χ1v) is 7.63. The molecule has 2 saturated heterocycles. The minimum atomic E-state index is -4.14. The Morgan fingerprint density at radius 1 is 1.36 bits per heavy atom. The van der Waals surface area contributed by atoms with E-state index < -0.39 is 12.7 Å². The van der Waals surface area contributed by atoms with E-state index in [0.29, 0.717) is 32.0 Å². The second-order valence-corrected chi connectivity index (χ2v) is 6.39. The Morgan fingerprint density at radius 2 is 2.09 bits per heavy atom. The number of piperidine rings is 1. The van der Waals surface area contributed by atoms with Crippen molar-refractivity contribution in [2.45, 2.75) is 38.4 Å². The molecule has 3 unspecified atom stereocenters. The fraction of sp³-hybridized carbons (Fsp3) is 0.929. The molecule has 0 radical (unpaired) electrons. The predicted octanol–water partition coefficient (Wildman–Crippen LogP) is 1.80. The van der Waals surface area contributed by atoms with Gasteiger partial charge in [-0.15, -0.1) is 12.4 Å². The monoisotopic (exact) mass is 343 g/mol. The van der Waals surface area contributed by atoms with Crippen LogP contribution in [0.15, 0.2) is 0 Å². The zero-order valence-electron chi connectivity index (χ0n) is 12.8. The minimum absolute atomic E-state index is 0. The molecule has 2 aliphatic heterocycles. The van der Waals surface area contributed by atoms with Gasteiger partial charge in [0.15, 0.2) is 0 Å². The largest absolute Gasteiger partial charge is 0.401 e. The van der Waals surface area contributed by atoms with Crippen LogP contribution in [-0.4, -0.2) is 55.7 Å². The number of hydrogen-bond acceptors (Lipinski definition) is 3. The van der Waals surface area contributed by atoms with Crippen LogP contribution in [0.5, 0.6) is 0 Å². The Balaban J connectivity index is 0.00000242. The van der Waals surface area contributed by atoms with E-state index in [1.807, 2.05) is 0 Å². The maximum absolute atomic E-state index is 12.3. The summed E-state index contributed by atoms with van der Waals surface area (Å²) in [5, 5.41) is 6.08. The minimum Gasteiger partial charge on any atom is -0.354 e. The highest BCUT2D eigenvalue weighted by atomic mass is 35.5. The topological polar surface area (TPSA) is 44.4 Å². The molecule has 130 valence electrons. The first-order valence-electron chi connectivity index (χ1n) is 7.63. The second kappa shape index (κ2) is 8.36. The van der Waals surface area contributed by atoms with Crippen LogP contribution in [0.2, 0.25) is 0 Å². The van der Waals surface area contributed by atoms with E-state index in [1.54, 1.807) is 0 Å². The van der Waals surface area contributed by atoms with Gasteiger partial charge in [-0.05, 0) is 44.2 Å². The Labute approximate surface area is 135 Å². The van der Waals surface area contributed by atoms with E-state index in [4.69, 9.17) is 0 Å². The fourth-order valence-electron chi connectivity index (χ4n) is 3.15. The molecule has 2 N–H and O–H groups in total. The van der Waals surface area contributed by atoms with E-state index >= 15 is 0 Å². The number of carbonyl (C=O) groups is 1. The molecule has 2 aliphatic rings. The molecular weight excluding hydrogens is 319 g/mol. The third-order valence-corrected chi connectivity index (χ3v) is 4.32. The zero-order chi connectivity index (χ0) is 15.5. The Morgan fingerprint density at radius 3 is 2.73 bits per heavy atom. The van der Waals surface area contributed by atoms with Crippen molar-refractivity contribution in [1.29, 1.82) is 0 Å². The summed E-state index contributed by atoms with van der Waals surface area (Å²) in [4.78, 5) is 13.5. The van der Waals surface area contributed by atoms with Crippen molar-refractivity contribution in [3.8, 4) is 0 Å². The molecule has 0 aromatic heterocycles. The molecule has 4 nitrogen and oxygen atoms in total. The summed E-state index contributed by atoms with van der Waals surface area (Å²) in [6.45, 7) is 3.47. The summed E-state index contributed by atoms with van der Waals surface area (Å²) in [5.74, 6) is 0.642. The molecule has 0 aromatic carbocycles. The first kappa shape index (κ1) is 19.5. The van der Waals surface area contributed by atoms with Crippen LogP contribution in [0.4, 0.5) is 13.2 Å². The van der Waals surface area contributed by atoms with Gasteiger partial charge in [0.1, 0.15) is 0 Å². The summed E-state index contributed by atoms with van der Waals surface area (Å²) in [6, 6.07) is -0.151. The number of halogens is 4. The van der Waals surface area contributed by atoms with E-state index in [-0.39, 0.29) is 30.3 Å². The molecular formula is C14H25ClF3N3O. The van der Waals surface area contributed by atoms with Gasteiger partial charge in [0.25, 0.3) is 0 Å². The van der Waals surface area contributed by atoms with E-state index in [9.17, 15) is 18.0 Å². The normalized spacial score (nSPS) is 29.9. The first-order chi connectivity index (χ1) is 9.83. The van der Waals surface area contributed by atoms with Crippen molar-refractivity contribution in [2.24, 2.45) is 11.8 Å². The number of hydrogen-bond donors (Lipinski definition) is 2. The van der Waals surface area contributed by atoms with Crippen LogP contribution in [0, 0.1) is 11.8 Å². The summed E-state index contributed by atoms with van der Waals surface area (Å²) in [7, 11) is 0. The third-order valence-electron chi connectivity index (χ3n) is 4.32. The molecule has 2 heterocycles. The number of amides is 1. The van der Waals surface area contributed by atoms with Crippen molar-refractivity contribution in [3.05, 3.63) is 0 Å². The summed E-state index contributed by atoms with van der Waals surface area (Å²) in [6.07, 6.45) is -1.51. The van der Waals surface area contributed by atoms with Crippen molar-refractivity contribution in [2.75, 3.05) is 32.7 Å². The SMILES string of the molecule is CC1CCNC(C(=O)NCC2CCN(CC(F)(F)F)C2)C1.Cl. The number of nitrogens with one attached hydrogen (secondary N) is 2. The lowest BCUT2D eigenvalue weighted by atomic mass is 9.94. The lowest BCUT2D eigenvalue weighted by Crippen LogP contribution is -2.49. The summed E-state index contributed by atoms with van der Waals surface area (Å²) < 4.78 is 36.9. The molecule has 0 saturated carbocycles. The lowest BCUT2D eigenvalue weighted by molar-refractivity contribution is -0.143. The van der Waals surface area contributed by atoms with Gasteiger partial charge in [0, 0.05) is 13.1 Å². The third kappa shape index (κ3) is 6.30. The Bertz CT molecular complexity index is 368. The number of carbonyl (C=O) groups excluding carboxylic acids is 1. The summed E-state index contributed by atoms with van der Waals surface area (Å²) in [5.41, 5.74) is 0. The number of likely N-dealkylation sites (tertiary alicyclic amines) is 1. The number of rotatable bonds is 4. The van der Waals surface area contributed by atoms with Gasteiger partial charge in [0.2, 0.25) is 5.91 Å². The van der Waals surface area contributed by atoms with Crippen molar-refractivity contribution in [3.63, 3.8) is 0 Å². The van der Waals surface area contributed by atoms with E-state index in [2.05, 4.69) is 17.6 Å². The zero-order valence-corrected chi connectivity index (χ0v) is 13.6. The second-order valence-electron chi connectivity index (χ2n) is 6.39. The molecule has 0 bridgehead atoms.